The molecule has 0 N–H and O–H groups in total. The van der Waals surface area contributed by atoms with Crippen LogP contribution in [0.1, 0.15) is 6.92 Å². The average molecular weight is 130 g/mol. The first-order chi connectivity index (χ1) is 3.48. The number of hydrogen-bond donors (Lipinski definition) is 0. The predicted molar refractivity (Wildman–Crippen MR) is 41.1 cm³/mol. The molecule has 0 aliphatic carbocycles. The van der Waals surface area contributed by atoms with Crippen molar-refractivity contribution in [2.24, 2.45) is 0 Å². The molecule has 0 saturated carbocycles. The van der Waals surface area contributed by atoms with E-state index in [9.17, 15) is 0 Å². The molecule has 0 aromatic rings. The summed E-state index contributed by atoms with van der Waals surface area (Å²) in [6.07, 6.45) is 0. The lowest BCUT2D eigenvalue weighted by Gasteiger charge is -2.27. The van der Waals surface area contributed by atoms with E-state index in [4.69, 9.17) is 0 Å². The molecule has 0 heterocycles. The van der Waals surface area contributed by atoms with Crippen LogP contribution in [-0.4, -0.2) is 19.3 Å². The molecular formula is C6H16NSi. The Hall–Kier alpha value is 0.177. The molecule has 0 spiro atoms. The summed E-state index contributed by atoms with van der Waals surface area (Å²) < 4.78 is 2.20. The van der Waals surface area contributed by atoms with Crippen LogP contribution in [0.5, 0.6) is 0 Å². The van der Waals surface area contributed by atoms with Crippen molar-refractivity contribution in [1.29, 1.82) is 0 Å². The molecule has 0 aliphatic heterocycles. The third-order valence-electron chi connectivity index (χ3n) is 1.33. The lowest BCUT2D eigenvalue weighted by Crippen LogP contribution is -2.41. The number of hydrogen-bond acceptors (Lipinski definition) is 1. The van der Waals surface area contributed by atoms with Gasteiger partial charge in [-0.3, -0.25) is 0 Å². The highest BCUT2D eigenvalue weighted by molar-refractivity contribution is 6.73. The fourth-order valence-electron chi connectivity index (χ4n) is 0.474. The van der Waals surface area contributed by atoms with E-state index in [2.05, 4.69) is 38.2 Å². The van der Waals surface area contributed by atoms with Crippen molar-refractivity contribution < 1.29 is 0 Å². The van der Waals surface area contributed by atoms with Crippen LogP contribution in [0.2, 0.25) is 19.6 Å². The van der Waals surface area contributed by atoms with E-state index >= 15 is 0 Å². The average Bonchev–Trinajstić information content (AvgIpc) is 1.62. The third kappa shape index (κ3) is 2.48. The van der Waals surface area contributed by atoms with Crippen LogP contribution in [0.4, 0.5) is 0 Å². The second-order valence-electron chi connectivity index (χ2n) is 3.03. The van der Waals surface area contributed by atoms with Gasteiger partial charge in [-0.05, 0) is 6.54 Å². The van der Waals surface area contributed by atoms with Gasteiger partial charge in [0.15, 0.2) is 0 Å². The van der Waals surface area contributed by atoms with Crippen LogP contribution in [-0.2, 0) is 0 Å². The Morgan fingerprint density at radius 2 is 1.75 bits per heavy atom. The predicted octanol–water partition coefficient (Wildman–Crippen LogP) is 1.93. The van der Waals surface area contributed by atoms with Crippen LogP contribution >= 0.6 is 0 Å². The summed E-state index contributed by atoms with van der Waals surface area (Å²) >= 11 is 0. The maximum absolute atomic E-state index is 3.92. The van der Waals surface area contributed by atoms with E-state index in [0.717, 1.165) is 6.54 Å². The Morgan fingerprint density at radius 3 is 1.75 bits per heavy atom. The molecule has 0 atom stereocenters. The van der Waals surface area contributed by atoms with Crippen LogP contribution in [0.3, 0.4) is 0 Å². The molecular weight excluding hydrogens is 114 g/mol. The second kappa shape index (κ2) is 2.64. The van der Waals surface area contributed by atoms with Crippen LogP contribution in [0.25, 0.3) is 0 Å². The Bertz CT molecular complexity index is 65.4. The third-order valence-corrected chi connectivity index (χ3v) is 3.54. The molecule has 0 fully saturated rings. The minimum atomic E-state index is -1.04. The van der Waals surface area contributed by atoms with E-state index in [0.29, 0.717) is 0 Å². The zero-order valence-corrected chi connectivity index (χ0v) is 7.36. The fourth-order valence-corrected chi connectivity index (χ4v) is 1.42. The highest BCUT2D eigenvalue weighted by Crippen LogP contribution is 2.05. The van der Waals surface area contributed by atoms with E-state index in [1.807, 2.05) is 0 Å². The maximum Gasteiger partial charge on any atom is 0.119 e. The van der Waals surface area contributed by atoms with Crippen molar-refractivity contribution in [3.05, 3.63) is 7.05 Å². The Kier molecular flexibility index (Phi) is 2.70. The lowest BCUT2D eigenvalue weighted by atomic mass is 10.8. The van der Waals surface area contributed by atoms with Crippen molar-refractivity contribution in [2.45, 2.75) is 26.6 Å². The van der Waals surface area contributed by atoms with Crippen molar-refractivity contribution >= 4 is 8.24 Å². The van der Waals surface area contributed by atoms with Crippen molar-refractivity contribution in [3.63, 3.8) is 0 Å². The van der Waals surface area contributed by atoms with E-state index in [-0.39, 0.29) is 0 Å². The smallest absolute Gasteiger partial charge is 0.119 e. The first-order valence-electron chi connectivity index (χ1n) is 3.06. The van der Waals surface area contributed by atoms with Crippen molar-refractivity contribution in [1.82, 2.24) is 4.57 Å². The zero-order valence-electron chi connectivity index (χ0n) is 6.36. The first-order valence-corrected chi connectivity index (χ1v) is 6.51. The van der Waals surface area contributed by atoms with Gasteiger partial charge in [0.1, 0.15) is 8.24 Å². The zero-order chi connectivity index (χ0) is 6.78. The van der Waals surface area contributed by atoms with Crippen LogP contribution in [0.15, 0.2) is 0 Å². The summed E-state index contributed by atoms with van der Waals surface area (Å²) in [6.45, 7) is 10.1. The summed E-state index contributed by atoms with van der Waals surface area (Å²) in [7, 11) is 2.88. The molecule has 0 aliphatic rings. The van der Waals surface area contributed by atoms with Gasteiger partial charge in [-0.15, -0.1) is 0 Å². The van der Waals surface area contributed by atoms with Gasteiger partial charge in [0, 0.05) is 7.05 Å². The van der Waals surface area contributed by atoms with Gasteiger partial charge in [0.25, 0.3) is 0 Å². The SMILES string of the molecule is [CH2]N(CC)[Si](C)(C)C. The van der Waals surface area contributed by atoms with Crippen LogP contribution in [0, 0.1) is 7.05 Å². The molecule has 0 unspecified atom stereocenters. The topological polar surface area (TPSA) is 3.24 Å². The molecule has 0 saturated heterocycles. The summed E-state index contributed by atoms with van der Waals surface area (Å²) in [6, 6.07) is 0. The van der Waals surface area contributed by atoms with E-state index in [1.165, 1.54) is 0 Å². The first kappa shape index (κ1) is 8.18. The Morgan fingerprint density at radius 1 is 1.38 bits per heavy atom. The van der Waals surface area contributed by atoms with E-state index in [1.54, 1.807) is 0 Å². The highest BCUT2D eigenvalue weighted by Gasteiger charge is 2.17. The largest absolute Gasteiger partial charge is 0.323 e. The molecule has 0 amide bonds. The van der Waals surface area contributed by atoms with Gasteiger partial charge in [-0.2, -0.15) is 0 Å². The van der Waals surface area contributed by atoms with Gasteiger partial charge >= 0.3 is 0 Å². The lowest BCUT2D eigenvalue weighted by molar-refractivity contribution is 0.588. The van der Waals surface area contributed by atoms with Gasteiger partial charge in [-0.1, -0.05) is 26.6 Å². The summed E-state index contributed by atoms with van der Waals surface area (Å²) in [5, 5.41) is 0. The minimum Gasteiger partial charge on any atom is -0.323 e. The molecule has 8 heavy (non-hydrogen) atoms. The second-order valence-corrected chi connectivity index (χ2v) is 8.00. The molecule has 2 heteroatoms. The van der Waals surface area contributed by atoms with Crippen molar-refractivity contribution in [3.8, 4) is 0 Å². The quantitative estimate of drug-likeness (QED) is 0.516. The molecule has 49 valence electrons. The molecule has 0 aromatic heterocycles. The minimum absolute atomic E-state index is 1.04. The maximum atomic E-state index is 3.92. The van der Waals surface area contributed by atoms with Gasteiger partial charge in [0.05, 0.1) is 0 Å². The molecule has 0 rings (SSSR count). The monoisotopic (exact) mass is 130 g/mol. The summed E-state index contributed by atoms with van der Waals surface area (Å²) in [5.74, 6) is 0. The van der Waals surface area contributed by atoms with E-state index < -0.39 is 8.24 Å². The molecule has 0 bridgehead atoms. The van der Waals surface area contributed by atoms with Gasteiger partial charge in [0.2, 0.25) is 0 Å². The highest BCUT2D eigenvalue weighted by atomic mass is 28.3. The fraction of sp³-hybridized carbons (Fsp3) is 0.833. The number of rotatable bonds is 2. The van der Waals surface area contributed by atoms with Crippen molar-refractivity contribution in [2.75, 3.05) is 6.54 Å². The molecule has 1 radical (unpaired) electrons. The van der Waals surface area contributed by atoms with Gasteiger partial charge < -0.3 is 4.57 Å². The number of nitrogens with zero attached hydrogens (tertiary/aromatic N) is 1. The van der Waals surface area contributed by atoms with Gasteiger partial charge in [-0.25, -0.2) is 0 Å². The Balaban J connectivity index is 3.62. The molecule has 0 aromatic carbocycles. The summed E-state index contributed by atoms with van der Waals surface area (Å²) in [5.41, 5.74) is 0. The summed E-state index contributed by atoms with van der Waals surface area (Å²) in [4.78, 5) is 0. The standard InChI is InChI=1S/C6H16NSi/c1-6-7(2)8(3,4)5/h2,6H2,1,3-5H3. The molecule has 1 nitrogen and oxygen atoms in total. The van der Waals surface area contributed by atoms with Crippen LogP contribution < -0.4 is 0 Å². The normalized spacial score (nSPS) is 12.8. The Labute approximate surface area is 53.8 Å².